The van der Waals surface area contributed by atoms with Gasteiger partial charge in [-0.2, -0.15) is 0 Å². The maximum Gasteiger partial charge on any atom is 0.335 e. The molecule has 0 bridgehead atoms. The zero-order valence-corrected chi connectivity index (χ0v) is 11.7. The van der Waals surface area contributed by atoms with Crippen LogP contribution in [-0.2, 0) is 7.05 Å². The van der Waals surface area contributed by atoms with E-state index in [1.54, 1.807) is 31.5 Å². The number of nitrogens with zero attached hydrogens (tertiary/aromatic N) is 2. The fourth-order valence-corrected chi connectivity index (χ4v) is 2.23. The van der Waals surface area contributed by atoms with Crippen molar-refractivity contribution in [2.75, 3.05) is 19.4 Å². The van der Waals surface area contributed by atoms with E-state index < -0.39 is 0 Å². The monoisotopic (exact) mass is 280 g/mol. The maximum absolute atomic E-state index is 12.1. The summed E-state index contributed by atoms with van der Waals surface area (Å²) in [6.45, 7) is 0.871. The lowest BCUT2D eigenvalue weighted by Crippen LogP contribution is -2.25. The molecule has 1 aromatic carbocycles. The Hall–Kier alpha value is -1.73. The van der Waals surface area contributed by atoms with Crippen molar-refractivity contribution in [3.05, 3.63) is 28.7 Å². The van der Waals surface area contributed by atoms with Crippen LogP contribution in [0.4, 0.5) is 0 Å². The van der Waals surface area contributed by atoms with Gasteiger partial charge in [0.15, 0.2) is 5.17 Å². The predicted octanol–water partition coefficient (Wildman–Crippen LogP) is 0.823. The molecule has 0 aliphatic heterocycles. The van der Waals surface area contributed by atoms with Crippen molar-refractivity contribution in [3.8, 4) is 5.75 Å². The molecule has 0 radical (unpaired) electrons. The molecular weight excluding hydrogens is 264 g/mol. The zero-order chi connectivity index (χ0) is 14.0. The van der Waals surface area contributed by atoms with E-state index in [9.17, 15) is 4.79 Å². The SMILES string of the molecule is CSC(=N)n1c(=O)n(C)c2cc(OCCN)ccc21. The molecule has 2 rings (SSSR count). The number of ether oxygens (including phenoxy) is 1. The van der Waals surface area contributed by atoms with Crippen molar-refractivity contribution in [1.82, 2.24) is 9.13 Å². The first-order chi connectivity index (χ1) is 9.10. The molecule has 0 spiro atoms. The molecule has 0 atom stereocenters. The molecule has 0 fully saturated rings. The fraction of sp³-hybridized carbons (Fsp3) is 0.333. The highest BCUT2D eigenvalue weighted by Gasteiger charge is 2.14. The van der Waals surface area contributed by atoms with Crippen LogP contribution in [0.25, 0.3) is 11.0 Å². The van der Waals surface area contributed by atoms with Crippen molar-refractivity contribution in [2.45, 2.75) is 0 Å². The largest absolute Gasteiger partial charge is 0.492 e. The maximum atomic E-state index is 12.1. The molecule has 3 N–H and O–H groups in total. The second-order valence-electron chi connectivity index (χ2n) is 3.97. The third-order valence-corrected chi connectivity index (χ3v) is 3.38. The highest BCUT2D eigenvalue weighted by Crippen LogP contribution is 2.20. The van der Waals surface area contributed by atoms with E-state index in [2.05, 4.69) is 0 Å². The molecule has 0 unspecified atom stereocenters. The molecule has 2 aromatic rings. The van der Waals surface area contributed by atoms with Crippen molar-refractivity contribution in [2.24, 2.45) is 12.8 Å². The van der Waals surface area contributed by atoms with Crippen LogP contribution in [0.3, 0.4) is 0 Å². The topological polar surface area (TPSA) is 86.0 Å². The fourth-order valence-electron chi connectivity index (χ4n) is 1.87. The van der Waals surface area contributed by atoms with Crippen LogP contribution in [-0.4, -0.2) is 33.7 Å². The Balaban J connectivity index is 2.59. The first-order valence-corrected chi connectivity index (χ1v) is 7.00. The molecule has 0 saturated carbocycles. The molecule has 7 heteroatoms. The van der Waals surface area contributed by atoms with E-state index in [0.29, 0.717) is 24.4 Å². The van der Waals surface area contributed by atoms with Crippen molar-refractivity contribution < 1.29 is 4.74 Å². The summed E-state index contributed by atoms with van der Waals surface area (Å²) in [5.41, 5.74) is 6.59. The molecule has 19 heavy (non-hydrogen) atoms. The van der Waals surface area contributed by atoms with Gasteiger partial charge in [0.1, 0.15) is 12.4 Å². The summed E-state index contributed by atoms with van der Waals surface area (Å²) in [6.07, 6.45) is 1.77. The van der Waals surface area contributed by atoms with Crippen LogP contribution in [0.15, 0.2) is 23.0 Å². The van der Waals surface area contributed by atoms with Gasteiger partial charge in [0.05, 0.1) is 11.0 Å². The van der Waals surface area contributed by atoms with E-state index >= 15 is 0 Å². The summed E-state index contributed by atoms with van der Waals surface area (Å²) < 4.78 is 8.34. The summed E-state index contributed by atoms with van der Waals surface area (Å²) in [4.78, 5) is 12.1. The lowest BCUT2D eigenvalue weighted by molar-refractivity contribution is 0.328. The summed E-state index contributed by atoms with van der Waals surface area (Å²) in [7, 11) is 1.68. The third-order valence-electron chi connectivity index (χ3n) is 2.81. The standard InChI is InChI=1S/C12H16N4O2S/c1-15-10-7-8(18-6-5-13)3-4-9(10)16(12(15)17)11(14)19-2/h3-4,7,14H,5-6,13H2,1-2H3. The van der Waals surface area contributed by atoms with Gasteiger partial charge < -0.3 is 10.5 Å². The van der Waals surface area contributed by atoms with E-state index in [-0.39, 0.29) is 10.9 Å². The summed E-state index contributed by atoms with van der Waals surface area (Å²) in [5, 5.41) is 8.04. The van der Waals surface area contributed by atoms with Gasteiger partial charge in [-0.15, -0.1) is 0 Å². The van der Waals surface area contributed by atoms with E-state index in [1.807, 2.05) is 0 Å². The molecule has 1 heterocycles. The summed E-state index contributed by atoms with van der Waals surface area (Å²) in [6, 6.07) is 5.35. The molecule has 1 aromatic heterocycles. The highest BCUT2D eigenvalue weighted by molar-refractivity contribution is 8.13. The predicted molar refractivity (Wildman–Crippen MR) is 78.4 cm³/mol. The number of aromatic nitrogens is 2. The Kier molecular flexibility index (Phi) is 3.96. The van der Waals surface area contributed by atoms with Crippen molar-refractivity contribution in [1.29, 1.82) is 5.41 Å². The summed E-state index contributed by atoms with van der Waals surface area (Å²) in [5.74, 6) is 0.668. The molecule has 0 amide bonds. The number of thioether (sulfide) groups is 1. The number of hydrogen-bond donors (Lipinski definition) is 2. The Morgan fingerprint density at radius 3 is 2.84 bits per heavy atom. The van der Waals surface area contributed by atoms with Crippen LogP contribution in [0, 0.1) is 5.41 Å². The second kappa shape index (κ2) is 5.50. The van der Waals surface area contributed by atoms with Gasteiger partial charge in [-0.1, -0.05) is 11.8 Å². The molecule has 0 aliphatic rings. The first-order valence-electron chi connectivity index (χ1n) is 5.77. The van der Waals surface area contributed by atoms with E-state index in [4.69, 9.17) is 15.9 Å². The number of imidazole rings is 1. The van der Waals surface area contributed by atoms with Crippen LogP contribution >= 0.6 is 11.8 Å². The first kappa shape index (κ1) is 13.7. The number of benzene rings is 1. The van der Waals surface area contributed by atoms with E-state index in [1.165, 1.54) is 20.9 Å². The lowest BCUT2D eigenvalue weighted by Gasteiger charge is -2.05. The normalized spacial score (nSPS) is 10.9. The smallest absolute Gasteiger partial charge is 0.335 e. The Labute approximate surface area is 114 Å². The van der Waals surface area contributed by atoms with Gasteiger partial charge in [-0.25, -0.2) is 9.36 Å². The molecule has 6 nitrogen and oxygen atoms in total. The average molecular weight is 280 g/mol. The molecular formula is C12H16N4O2S. The minimum absolute atomic E-state index is 0.200. The number of rotatable bonds is 3. The van der Waals surface area contributed by atoms with Gasteiger partial charge in [0.25, 0.3) is 0 Å². The minimum atomic E-state index is -0.231. The van der Waals surface area contributed by atoms with Gasteiger partial charge in [0.2, 0.25) is 0 Å². The highest BCUT2D eigenvalue weighted by atomic mass is 32.2. The second-order valence-corrected chi connectivity index (χ2v) is 4.77. The van der Waals surface area contributed by atoms with Crippen molar-refractivity contribution in [3.63, 3.8) is 0 Å². The number of nitrogens with one attached hydrogen (secondary N) is 1. The molecule has 102 valence electrons. The minimum Gasteiger partial charge on any atom is -0.492 e. The van der Waals surface area contributed by atoms with Crippen molar-refractivity contribution >= 4 is 28.0 Å². The third kappa shape index (κ3) is 2.39. The van der Waals surface area contributed by atoms with Crippen LogP contribution in [0.1, 0.15) is 0 Å². The number of aryl methyl sites for hydroxylation is 1. The number of fused-ring (bicyclic) bond motifs is 1. The molecule has 0 aliphatic carbocycles. The van der Waals surface area contributed by atoms with Gasteiger partial charge in [0, 0.05) is 19.7 Å². The molecule has 0 saturated heterocycles. The number of nitrogens with two attached hydrogens (primary N) is 1. The lowest BCUT2D eigenvalue weighted by atomic mass is 10.3. The van der Waals surface area contributed by atoms with Gasteiger partial charge in [-0.05, 0) is 18.4 Å². The van der Waals surface area contributed by atoms with Gasteiger partial charge >= 0.3 is 5.69 Å². The number of hydrogen-bond acceptors (Lipinski definition) is 5. The van der Waals surface area contributed by atoms with Crippen LogP contribution in [0.2, 0.25) is 0 Å². The summed E-state index contributed by atoms with van der Waals surface area (Å²) >= 11 is 1.22. The van der Waals surface area contributed by atoms with E-state index in [0.717, 1.165) is 5.52 Å². The Morgan fingerprint density at radius 2 is 2.21 bits per heavy atom. The Morgan fingerprint density at radius 1 is 1.47 bits per heavy atom. The Bertz CT molecular complexity index is 674. The zero-order valence-electron chi connectivity index (χ0n) is 10.8. The quantitative estimate of drug-likeness (QED) is 0.644. The average Bonchev–Trinajstić information content (AvgIpc) is 2.68. The van der Waals surface area contributed by atoms with Gasteiger partial charge in [-0.3, -0.25) is 9.98 Å². The van der Waals surface area contributed by atoms with Crippen LogP contribution in [0.5, 0.6) is 5.75 Å². The van der Waals surface area contributed by atoms with Crippen LogP contribution < -0.4 is 16.2 Å².